The van der Waals surface area contributed by atoms with Crippen LogP contribution in [-0.2, 0) is 24.7 Å². The maximum atomic E-state index is 14.0. The summed E-state index contributed by atoms with van der Waals surface area (Å²) in [5, 5.41) is 5.16. The Morgan fingerprint density at radius 3 is 2.67 bits per heavy atom. The lowest BCUT2D eigenvalue weighted by atomic mass is 9.76. The minimum absolute atomic E-state index is 0.0279. The predicted molar refractivity (Wildman–Crippen MR) is 128 cm³/mol. The molecular weight excluding hydrogens is 488 g/mol. The highest BCUT2D eigenvalue weighted by atomic mass is 35.5. The molecule has 10 nitrogen and oxygen atoms in total. The van der Waals surface area contributed by atoms with Crippen LogP contribution in [-0.4, -0.2) is 42.9 Å². The average Bonchev–Trinajstić information content (AvgIpc) is 3.44. The van der Waals surface area contributed by atoms with Crippen molar-refractivity contribution in [1.29, 1.82) is 0 Å². The molecule has 2 fully saturated rings. The molecule has 4 aliphatic rings. The summed E-state index contributed by atoms with van der Waals surface area (Å²) in [7, 11) is 0. The van der Waals surface area contributed by atoms with Gasteiger partial charge in [0.2, 0.25) is 23.3 Å². The fourth-order valence-electron chi connectivity index (χ4n) is 6.15. The molecule has 0 unspecified atom stereocenters. The largest absolute Gasteiger partial charge is 0.486 e. The van der Waals surface area contributed by atoms with Crippen molar-refractivity contribution in [3.05, 3.63) is 46.5 Å². The van der Waals surface area contributed by atoms with E-state index in [0.717, 1.165) is 4.90 Å². The molecule has 0 aromatic heterocycles. The fourth-order valence-corrected chi connectivity index (χ4v) is 6.31. The van der Waals surface area contributed by atoms with Gasteiger partial charge in [0.25, 0.3) is 5.91 Å². The molecule has 2 saturated heterocycles. The van der Waals surface area contributed by atoms with Crippen molar-refractivity contribution < 1.29 is 34.0 Å². The summed E-state index contributed by atoms with van der Waals surface area (Å²) in [5.41, 5.74) is 6.23. The standard InChI is InChI=1S/C25H23ClN4O6/c1-11-14(26)4-3-13-21(11)28-24(34)25(13)20-19(15(29-25)5-7-18(27)31)22(32)30(23(20)33)12-2-6-16-17(10-12)36-9-8-35-16/h2-4,6,10,15,19-20,29H,5,7-9H2,1H3,(H2,27,31)(H,28,34)/p+1/t15-,19-,20+,25+/m1/s1. The maximum Gasteiger partial charge on any atom is 0.291 e. The molecule has 4 aliphatic heterocycles. The van der Waals surface area contributed by atoms with Crippen LogP contribution in [0.25, 0.3) is 0 Å². The van der Waals surface area contributed by atoms with Crippen LogP contribution in [0.15, 0.2) is 30.3 Å². The number of anilines is 2. The van der Waals surface area contributed by atoms with Crippen LogP contribution in [0.5, 0.6) is 11.5 Å². The number of nitrogens with two attached hydrogens (primary N) is 2. The third kappa shape index (κ3) is 3.00. The third-order valence-electron chi connectivity index (χ3n) is 7.75. The second-order valence-corrected chi connectivity index (χ2v) is 10.0. The number of imide groups is 1. The zero-order valence-corrected chi connectivity index (χ0v) is 20.1. The van der Waals surface area contributed by atoms with E-state index in [1.165, 1.54) is 0 Å². The quantitative estimate of drug-likeness (QED) is 0.512. The molecule has 2 aromatic carbocycles. The van der Waals surface area contributed by atoms with Gasteiger partial charge >= 0.3 is 0 Å². The second-order valence-electron chi connectivity index (χ2n) is 9.60. The molecule has 0 saturated carbocycles. The molecule has 1 spiro atoms. The van der Waals surface area contributed by atoms with Crippen LogP contribution >= 0.6 is 11.6 Å². The number of rotatable bonds is 4. The summed E-state index contributed by atoms with van der Waals surface area (Å²) in [6, 6.07) is 7.81. The van der Waals surface area contributed by atoms with Crippen LogP contribution in [0.4, 0.5) is 11.4 Å². The van der Waals surface area contributed by atoms with Crippen LogP contribution in [0.1, 0.15) is 24.0 Å². The van der Waals surface area contributed by atoms with Crippen LogP contribution in [0.3, 0.4) is 0 Å². The van der Waals surface area contributed by atoms with Crippen molar-refractivity contribution >= 4 is 46.6 Å². The second kappa shape index (κ2) is 7.94. The number of amides is 4. The summed E-state index contributed by atoms with van der Waals surface area (Å²) in [4.78, 5) is 54.2. The Morgan fingerprint density at radius 1 is 1.17 bits per heavy atom. The lowest BCUT2D eigenvalue weighted by molar-refractivity contribution is -0.733. The van der Waals surface area contributed by atoms with E-state index in [-0.39, 0.29) is 18.7 Å². The number of hydrogen-bond donors (Lipinski definition) is 3. The summed E-state index contributed by atoms with van der Waals surface area (Å²) in [6.45, 7) is 2.56. The normalized spacial score (nSPS) is 27.9. The Morgan fingerprint density at radius 2 is 1.92 bits per heavy atom. The Balaban J connectivity index is 1.47. The van der Waals surface area contributed by atoms with Crippen LogP contribution < -0.4 is 30.7 Å². The molecule has 6 rings (SSSR count). The van der Waals surface area contributed by atoms with E-state index in [9.17, 15) is 19.2 Å². The molecule has 4 atom stereocenters. The molecule has 11 heteroatoms. The highest BCUT2D eigenvalue weighted by molar-refractivity contribution is 6.32. The highest BCUT2D eigenvalue weighted by Crippen LogP contribution is 2.52. The SMILES string of the molecule is Cc1c(Cl)ccc2c1NC(=O)[C@]21[NH2+][C@H](CCC(N)=O)[C@H]2C(=O)N(c3ccc4c(c3)OCCO4)C(=O)[C@H]21. The van der Waals surface area contributed by atoms with Crippen molar-refractivity contribution in [1.82, 2.24) is 0 Å². The Labute approximate surface area is 211 Å². The first-order valence-electron chi connectivity index (χ1n) is 11.8. The van der Waals surface area contributed by atoms with E-state index >= 15 is 0 Å². The number of fused-ring (bicyclic) bond motifs is 5. The van der Waals surface area contributed by atoms with Crippen molar-refractivity contribution in [2.24, 2.45) is 17.6 Å². The Hall–Kier alpha value is -3.63. The summed E-state index contributed by atoms with van der Waals surface area (Å²) in [5.74, 6) is -2.62. The van der Waals surface area contributed by atoms with Gasteiger partial charge in [0, 0.05) is 29.5 Å². The molecule has 2 aromatic rings. The minimum atomic E-state index is -1.37. The summed E-state index contributed by atoms with van der Waals surface area (Å²) >= 11 is 6.31. The highest BCUT2D eigenvalue weighted by Gasteiger charge is 2.74. The maximum absolute atomic E-state index is 14.0. The number of ether oxygens (including phenoxy) is 2. The molecule has 5 N–H and O–H groups in total. The van der Waals surface area contributed by atoms with Gasteiger partial charge in [-0.25, -0.2) is 4.90 Å². The lowest BCUT2D eigenvalue weighted by Gasteiger charge is -2.27. The van der Waals surface area contributed by atoms with E-state index in [4.69, 9.17) is 26.8 Å². The van der Waals surface area contributed by atoms with Gasteiger partial charge in [0.1, 0.15) is 31.1 Å². The predicted octanol–water partition coefficient (Wildman–Crippen LogP) is 0.584. The van der Waals surface area contributed by atoms with Gasteiger partial charge in [0.15, 0.2) is 11.5 Å². The average molecular weight is 512 g/mol. The lowest BCUT2D eigenvalue weighted by Crippen LogP contribution is -2.99. The molecule has 0 radical (unpaired) electrons. The third-order valence-corrected chi connectivity index (χ3v) is 8.16. The van der Waals surface area contributed by atoms with Gasteiger partial charge in [-0.2, -0.15) is 0 Å². The number of benzene rings is 2. The molecule has 36 heavy (non-hydrogen) atoms. The fraction of sp³-hybridized carbons (Fsp3) is 0.360. The molecule has 4 heterocycles. The van der Waals surface area contributed by atoms with E-state index < -0.39 is 41.1 Å². The Bertz CT molecular complexity index is 1360. The summed E-state index contributed by atoms with van der Waals surface area (Å²) in [6.07, 6.45) is 0.279. The molecule has 0 bridgehead atoms. The number of nitrogens with one attached hydrogen (secondary N) is 1. The first kappa shape index (κ1) is 22.8. The number of halogens is 1. The van der Waals surface area contributed by atoms with Gasteiger partial charge < -0.3 is 25.8 Å². The van der Waals surface area contributed by atoms with E-state index in [2.05, 4.69) is 5.32 Å². The minimum Gasteiger partial charge on any atom is -0.486 e. The molecule has 186 valence electrons. The van der Waals surface area contributed by atoms with E-state index in [1.807, 2.05) is 0 Å². The van der Waals surface area contributed by atoms with Gasteiger partial charge in [-0.1, -0.05) is 11.6 Å². The number of nitrogens with zero attached hydrogens (tertiary/aromatic N) is 1. The zero-order valence-electron chi connectivity index (χ0n) is 19.4. The first-order chi connectivity index (χ1) is 17.2. The van der Waals surface area contributed by atoms with Gasteiger partial charge in [-0.3, -0.25) is 19.2 Å². The number of carbonyl (C=O) groups is 4. The van der Waals surface area contributed by atoms with Gasteiger partial charge in [-0.15, -0.1) is 0 Å². The Kier molecular flexibility index (Phi) is 5.03. The number of carbonyl (C=O) groups excluding carboxylic acids is 4. The molecular formula is C25H24ClN4O6+. The number of quaternary nitrogens is 1. The van der Waals surface area contributed by atoms with Crippen LogP contribution in [0, 0.1) is 18.8 Å². The van der Waals surface area contributed by atoms with E-state index in [1.54, 1.807) is 42.6 Å². The zero-order chi connectivity index (χ0) is 25.4. The van der Waals surface area contributed by atoms with Crippen molar-refractivity contribution in [2.45, 2.75) is 31.3 Å². The van der Waals surface area contributed by atoms with Crippen molar-refractivity contribution in [3.63, 3.8) is 0 Å². The van der Waals surface area contributed by atoms with E-state index in [0.29, 0.717) is 52.2 Å². The number of primary amides is 1. The monoisotopic (exact) mass is 511 g/mol. The topological polar surface area (TPSA) is 145 Å². The van der Waals surface area contributed by atoms with Gasteiger partial charge in [0.05, 0.1) is 11.4 Å². The smallest absolute Gasteiger partial charge is 0.291 e. The molecule has 4 amide bonds. The number of hydrogen-bond acceptors (Lipinski definition) is 6. The van der Waals surface area contributed by atoms with Gasteiger partial charge in [-0.05, 0) is 36.8 Å². The van der Waals surface area contributed by atoms with Crippen molar-refractivity contribution in [3.8, 4) is 11.5 Å². The van der Waals surface area contributed by atoms with Crippen LogP contribution in [0.2, 0.25) is 5.02 Å². The van der Waals surface area contributed by atoms with Crippen molar-refractivity contribution in [2.75, 3.05) is 23.4 Å². The first-order valence-corrected chi connectivity index (χ1v) is 12.1. The molecule has 0 aliphatic carbocycles. The summed E-state index contributed by atoms with van der Waals surface area (Å²) < 4.78 is 11.2.